The van der Waals surface area contributed by atoms with Crippen molar-refractivity contribution in [3.05, 3.63) is 32.4 Å². The van der Waals surface area contributed by atoms with Gasteiger partial charge in [0, 0.05) is 15.9 Å². The smallest absolute Gasteiger partial charge is 0.0900 e. The van der Waals surface area contributed by atoms with Crippen molar-refractivity contribution in [2.45, 2.75) is 26.8 Å². The summed E-state index contributed by atoms with van der Waals surface area (Å²) in [6.07, 6.45) is 0. The predicted molar refractivity (Wildman–Crippen MR) is 67.9 cm³/mol. The second-order valence-electron chi connectivity index (χ2n) is 3.56. The van der Waals surface area contributed by atoms with Gasteiger partial charge in [0.15, 0.2) is 0 Å². The number of rotatable bonds is 3. The van der Waals surface area contributed by atoms with Gasteiger partial charge in [-0.3, -0.25) is 0 Å². The highest BCUT2D eigenvalue weighted by Crippen LogP contribution is 2.27. The monoisotopic (exact) mass is 238 g/mol. The standard InChI is InChI=1S/C11H14N2S2/c1-7-11(15-9(3)12-7)8(2)13-10-4-5-14-6-10/h4-6,8,13H,1-3H3. The number of nitrogens with zero attached hydrogens (tertiary/aromatic N) is 1. The molecule has 0 radical (unpaired) electrons. The van der Waals surface area contributed by atoms with Crippen molar-refractivity contribution < 1.29 is 0 Å². The molecule has 1 atom stereocenters. The third kappa shape index (κ3) is 2.38. The van der Waals surface area contributed by atoms with Crippen molar-refractivity contribution >= 4 is 28.4 Å². The minimum Gasteiger partial charge on any atom is -0.377 e. The number of thiophene rings is 1. The van der Waals surface area contributed by atoms with E-state index in [-0.39, 0.29) is 0 Å². The van der Waals surface area contributed by atoms with Crippen LogP contribution in [0.3, 0.4) is 0 Å². The Balaban J connectivity index is 2.14. The van der Waals surface area contributed by atoms with Crippen molar-refractivity contribution in [1.82, 2.24) is 4.98 Å². The van der Waals surface area contributed by atoms with E-state index in [0.717, 1.165) is 10.7 Å². The Bertz CT molecular complexity index is 431. The highest BCUT2D eigenvalue weighted by Gasteiger charge is 2.12. The Morgan fingerprint density at radius 3 is 2.73 bits per heavy atom. The van der Waals surface area contributed by atoms with Crippen molar-refractivity contribution in [2.75, 3.05) is 5.32 Å². The van der Waals surface area contributed by atoms with Crippen molar-refractivity contribution in [2.24, 2.45) is 0 Å². The van der Waals surface area contributed by atoms with E-state index in [0.29, 0.717) is 6.04 Å². The average Bonchev–Trinajstić information content (AvgIpc) is 2.75. The lowest BCUT2D eigenvalue weighted by molar-refractivity contribution is 0.891. The van der Waals surface area contributed by atoms with Crippen LogP contribution in [-0.2, 0) is 0 Å². The molecule has 0 bridgehead atoms. The highest BCUT2D eigenvalue weighted by atomic mass is 32.1. The zero-order valence-electron chi connectivity index (χ0n) is 9.07. The molecular formula is C11H14N2S2. The molecule has 2 rings (SSSR count). The Morgan fingerprint density at radius 1 is 1.40 bits per heavy atom. The summed E-state index contributed by atoms with van der Waals surface area (Å²) >= 11 is 3.49. The highest BCUT2D eigenvalue weighted by molar-refractivity contribution is 7.11. The second-order valence-corrected chi connectivity index (χ2v) is 5.58. The van der Waals surface area contributed by atoms with Gasteiger partial charge in [-0.05, 0) is 32.2 Å². The third-order valence-electron chi connectivity index (χ3n) is 2.24. The number of aromatic nitrogens is 1. The first-order valence-corrected chi connectivity index (χ1v) is 6.65. The molecule has 2 aromatic rings. The maximum atomic E-state index is 4.44. The van der Waals surface area contributed by atoms with Crippen molar-refractivity contribution in [1.29, 1.82) is 0 Å². The molecule has 0 amide bonds. The predicted octanol–water partition coefficient (Wildman–Crippen LogP) is 3.99. The quantitative estimate of drug-likeness (QED) is 0.874. The summed E-state index contributed by atoms with van der Waals surface area (Å²) in [4.78, 5) is 5.77. The van der Waals surface area contributed by atoms with Gasteiger partial charge in [-0.15, -0.1) is 11.3 Å². The van der Waals surface area contributed by atoms with Gasteiger partial charge < -0.3 is 5.32 Å². The van der Waals surface area contributed by atoms with Gasteiger partial charge in [0.05, 0.1) is 16.7 Å². The first-order valence-electron chi connectivity index (χ1n) is 4.89. The average molecular weight is 238 g/mol. The van der Waals surface area contributed by atoms with Crippen LogP contribution in [0.15, 0.2) is 16.8 Å². The van der Waals surface area contributed by atoms with E-state index in [1.165, 1.54) is 10.6 Å². The van der Waals surface area contributed by atoms with Gasteiger partial charge in [-0.2, -0.15) is 11.3 Å². The Kier molecular flexibility index (Phi) is 3.07. The molecule has 15 heavy (non-hydrogen) atoms. The summed E-state index contributed by atoms with van der Waals surface area (Å²) < 4.78 is 0. The molecule has 0 aliphatic heterocycles. The molecule has 2 nitrogen and oxygen atoms in total. The Labute approximate surface area is 98.0 Å². The number of thiazole rings is 1. The van der Waals surface area contributed by atoms with E-state index < -0.39 is 0 Å². The van der Waals surface area contributed by atoms with Crippen LogP contribution < -0.4 is 5.32 Å². The van der Waals surface area contributed by atoms with Crippen LogP contribution in [0.1, 0.15) is 28.5 Å². The third-order valence-corrected chi connectivity index (χ3v) is 4.18. The fraction of sp³-hybridized carbons (Fsp3) is 0.364. The summed E-state index contributed by atoms with van der Waals surface area (Å²) in [5, 5.41) is 8.82. The van der Waals surface area contributed by atoms with E-state index in [1.807, 2.05) is 0 Å². The van der Waals surface area contributed by atoms with Crippen LogP contribution in [0.2, 0.25) is 0 Å². The molecule has 0 aliphatic carbocycles. The number of hydrogen-bond acceptors (Lipinski definition) is 4. The summed E-state index contributed by atoms with van der Waals surface area (Å²) in [5.41, 5.74) is 2.34. The fourth-order valence-electron chi connectivity index (χ4n) is 1.61. The summed E-state index contributed by atoms with van der Waals surface area (Å²) in [5.74, 6) is 0. The van der Waals surface area contributed by atoms with E-state index >= 15 is 0 Å². The van der Waals surface area contributed by atoms with Crippen LogP contribution in [0.5, 0.6) is 0 Å². The largest absolute Gasteiger partial charge is 0.377 e. The fourth-order valence-corrected chi connectivity index (χ4v) is 3.14. The topological polar surface area (TPSA) is 24.9 Å². The molecule has 1 N–H and O–H groups in total. The molecule has 0 spiro atoms. The molecule has 0 saturated carbocycles. The summed E-state index contributed by atoms with van der Waals surface area (Å²) in [6, 6.07) is 2.44. The van der Waals surface area contributed by atoms with Gasteiger partial charge in [0.2, 0.25) is 0 Å². The number of hydrogen-bond donors (Lipinski definition) is 1. The molecule has 0 aromatic carbocycles. The minimum atomic E-state index is 0.339. The normalized spacial score (nSPS) is 12.7. The number of aryl methyl sites for hydroxylation is 2. The van der Waals surface area contributed by atoms with Crippen molar-refractivity contribution in [3.8, 4) is 0 Å². The van der Waals surface area contributed by atoms with Crippen LogP contribution in [0.25, 0.3) is 0 Å². The second kappa shape index (κ2) is 4.33. The minimum absolute atomic E-state index is 0.339. The van der Waals surface area contributed by atoms with Crippen LogP contribution in [-0.4, -0.2) is 4.98 Å². The van der Waals surface area contributed by atoms with E-state index in [9.17, 15) is 0 Å². The van der Waals surface area contributed by atoms with Crippen LogP contribution in [0, 0.1) is 13.8 Å². The lowest BCUT2D eigenvalue weighted by atomic mass is 10.2. The molecule has 4 heteroatoms. The van der Waals surface area contributed by atoms with Crippen LogP contribution >= 0.6 is 22.7 Å². The molecule has 1 unspecified atom stereocenters. The first-order chi connectivity index (χ1) is 7.16. The molecule has 0 saturated heterocycles. The van der Waals surface area contributed by atoms with Gasteiger partial charge in [0.25, 0.3) is 0 Å². The Hall–Kier alpha value is -0.870. The van der Waals surface area contributed by atoms with Gasteiger partial charge in [-0.1, -0.05) is 0 Å². The first kappa shape index (κ1) is 10.6. The SMILES string of the molecule is Cc1nc(C)c(C(C)Nc2ccsc2)s1. The van der Waals surface area contributed by atoms with Gasteiger partial charge in [0.1, 0.15) is 0 Å². The molecular weight excluding hydrogens is 224 g/mol. The van der Waals surface area contributed by atoms with Gasteiger partial charge in [-0.25, -0.2) is 4.98 Å². The van der Waals surface area contributed by atoms with Gasteiger partial charge >= 0.3 is 0 Å². The van der Waals surface area contributed by atoms with E-state index in [2.05, 4.69) is 47.9 Å². The molecule has 0 fully saturated rings. The molecule has 0 aliphatic rings. The summed E-state index contributed by atoms with van der Waals surface area (Å²) in [6.45, 7) is 6.31. The lowest BCUT2D eigenvalue weighted by Crippen LogP contribution is -2.05. The number of nitrogens with one attached hydrogen (secondary N) is 1. The molecule has 2 aromatic heterocycles. The van der Waals surface area contributed by atoms with E-state index in [4.69, 9.17) is 0 Å². The van der Waals surface area contributed by atoms with Crippen LogP contribution in [0.4, 0.5) is 5.69 Å². The molecule has 80 valence electrons. The Morgan fingerprint density at radius 2 is 2.20 bits per heavy atom. The van der Waals surface area contributed by atoms with E-state index in [1.54, 1.807) is 22.7 Å². The zero-order chi connectivity index (χ0) is 10.8. The van der Waals surface area contributed by atoms with Crippen molar-refractivity contribution in [3.63, 3.8) is 0 Å². The maximum absolute atomic E-state index is 4.44. The number of anilines is 1. The molecule has 2 heterocycles. The lowest BCUT2D eigenvalue weighted by Gasteiger charge is -2.12. The summed E-state index contributed by atoms with van der Waals surface area (Å²) in [7, 11) is 0. The maximum Gasteiger partial charge on any atom is 0.0900 e. The zero-order valence-corrected chi connectivity index (χ0v) is 10.7.